The van der Waals surface area contributed by atoms with Crippen molar-refractivity contribution >= 4 is 11.8 Å². The summed E-state index contributed by atoms with van der Waals surface area (Å²) in [6.45, 7) is 3.51. The molecule has 3 N–H and O–H groups in total. The van der Waals surface area contributed by atoms with Crippen molar-refractivity contribution < 1.29 is 14.7 Å². The van der Waals surface area contributed by atoms with Crippen LogP contribution < -0.4 is 5.73 Å². The van der Waals surface area contributed by atoms with Crippen molar-refractivity contribution in [2.75, 3.05) is 0 Å². The Morgan fingerprint density at radius 2 is 1.92 bits per heavy atom. The SMILES string of the molecule is CC(C)C(=O)[C@H](N)CCC(=O)O. The van der Waals surface area contributed by atoms with Gasteiger partial charge in [0.05, 0.1) is 6.04 Å². The van der Waals surface area contributed by atoms with Crippen LogP contribution in [-0.2, 0) is 9.59 Å². The second kappa shape index (κ2) is 4.87. The Morgan fingerprint density at radius 3 is 2.25 bits per heavy atom. The number of Topliss-reactive ketones (excluding diaryl/α,β-unsaturated/α-hetero) is 1. The molecule has 4 nitrogen and oxygen atoms in total. The van der Waals surface area contributed by atoms with Gasteiger partial charge in [0, 0.05) is 12.3 Å². The zero-order chi connectivity index (χ0) is 9.72. The Kier molecular flexibility index (Phi) is 4.51. The van der Waals surface area contributed by atoms with Crippen molar-refractivity contribution in [1.29, 1.82) is 0 Å². The molecule has 0 spiro atoms. The minimum Gasteiger partial charge on any atom is -0.481 e. The predicted octanol–water partition coefficient (Wildman–Crippen LogP) is 0.404. The average Bonchev–Trinajstić information content (AvgIpc) is 1.98. The average molecular weight is 173 g/mol. The molecule has 0 amide bonds. The monoisotopic (exact) mass is 173 g/mol. The Hall–Kier alpha value is -0.900. The summed E-state index contributed by atoms with van der Waals surface area (Å²) in [6.07, 6.45) is 0.186. The first-order chi connectivity index (χ1) is 5.45. The van der Waals surface area contributed by atoms with Gasteiger partial charge in [-0.3, -0.25) is 9.59 Å². The zero-order valence-electron chi connectivity index (χ0n) is 7.41. The van der Waals surface area contributed by atoms with E-state index in [4.69, 9.17) is 10.8 Å². The van der Waals surface area contributed by atoms with Gasteiger partial charge in [0.25, 0.3) is 0 Å². The van der Waals surface area contributed by atoms with Crippen molar-refractivity contribution in [3.63, 3.8) is 0 Å². The summed E-state index contributed by atoms with van der Waals surface area (Å²) in [6, 6.07) is -0.624. The largest absolute Gasteiger partial charge is 0.481 e. The number of ketones is 1. The summed E-state index contributed by atoms with van der Waals surface area (Å²) in [7, 11) is 0. The molecule has 0 aliphatic carbocycles. The van der Waals surface area contributed by atoms with Crippen molar-refractivity contribution in [2.45, 2.75) is 32.7 Å². The molecule has 12 heavy (non-hydrogen) atoms. The number of carboxylic acid groups (broad SMARTS) is 1. The van der Waals surface area contributed by atoms with Crippen LogP contribution in [0.2, 0.25) is 0 Å². The second-order valence-corrected chi connectivity index (χ2v) is 3.10. The van der Waals surface area contributed by atoms with Crippen molar-refractivity contribution in [3.8, 4) is 0 Å². The molecule has 1 atom stereocenters. The first-order valence-electron chi connectivity index (χ1n) is 3.96. The molecule has 0 unspecified atom stereocenters. The van der Waals surface area contributed by atoms with Crippen LogP contribution >= 0.6 is 0 Å². The highest BCUT2D eigenvalue weighted by Crippen LogP contribution is 2.03. The zero-order valence-corrected chi connectivity index (χ0v) is 7.41. The molecule has 0 aromatic heterocycles. The Labute approximate surface area is 71.8 Å². The molecule has 0 aliphatic heterocycles. The quantitative estimate of drug-likeness (QED) is 0.630. The van der Waals surface area contributed by atoms with E-state index in [2.05, 4.69) is 0 Å². The molecule has 0 fully saturated rings. The van der Waals surface area contributed by atoms with E-state index < -0.39 is 12.0 Å². The molecule has 70 valence electrons. The number of nitrogens with two attached hydrogens (primary N) is 1. The molecule has 0 saturated heterocycles. The lowest BCUT2D eigenvalue weighted by Crippen LogP contribution is -2.34. The smallest absolute Gasteiger partial charge is 0.303 e. The highest BCUT2D eigenvalue weighted by molar-refractivity contribution is 5.85. The highest BCUT2D eigenvalue weighted by atomic mass is 16.4. The number of carboxylic acids is 1. The van der Waals surface area contributed by atoms with E-state index in [1.807, 2.05) is 0 Å². The summed E-state index contributed by atoms with van der Waals surface area (Å²) < 4.78 is 0. The third-order valence-corrected chi connectivity index (χ3v) is 1.60. The molecule has 0 aliphatic rings. The Morgan fingerprint density at radius 1 is 1.42 bits per heavy atom. The fourth-order valence-corrected chi connectivity index (χ4v) is 0.849. The van der Waals surface area contributed by atoms with Crippen molar-refractivity contribution in [3.05, 3.63) is 0 Å². The van der Waals surface area contributed by atoms with Crippen LogP contribution in [0.1, 0.15) is 26.7 Å². The lowest BCUT2D eigenvalue weighted by Gasteiger charge is -2.10. The van der Waals surface area contributed by atoms with Crippen LogP contribution in [0.25, 0.3) is 0 Å². The van der Waals surface area contributed by atoms with Gasteiger partial charge in [0.15, 0.2) is 5.78 Å². The minimum absolute atomic E-state index is 0.0420. The number of aliphatic carboxylic acids is 1. The van der Waals surface area contributed by atoms with Crippen molar-refractivity contribution in [2.24, 2.45) is 11.7 Å². The molecule has 0 saturated carbocycles. The molecule has 0 aromatic rings. The molecular formula is C8H15NO3. The van der Waals surface area contributed by atoms with Gasteiger partial charge in [0.1, 0.15) is 0 Å². The van der Waals surface area contributed by atoms with Gasteiger partial charge in [-0.15, -0.1) is 0 Å². The molecule has 4 heteroatoms. The molecule has 0 bridgehead atoms. The van der Waals surface area contributed by atoms with Crippen LogP contribution in [0, 0.1) is 5.92 Å². The highest BCUT2D eigenvalue weighted by Gasteiger charge is 2.17. The first-order valence-corrected chi connectivity index (χ1v) is 3.96. The van der Waals surface area contributed by atoms with Gasteiger partial charge >= 0.3 is 5.97 Å². The van der Waals surface area contributed by atoms with Crippen LogP contribution in [0.5, 0.6) is 0 Å². The third kappa shape index (κ3) is 4.08. The topological polar surface area (TPSA) is 80.4 Å². The maximum atomic E-state index is 11.1. The number of hydrogen-bond acceptors (Lipinski definition) is 3. The summed E-state index contributed by atoms with van der Waals surface area (Å²) in [5.74, 6) is -1.10. The van der Waals surface area contributed by atoms with Crippen molar-refractivity contribution in [1.82, 2.24) is 0 Å². The fourth-order valence-electron chi connectivity index (χ4n) is 0.849. The van der Waals surface area contributed by atoms with Gasteiger partial charge in [-0.2, -0.15) is 0 Å². The van der Waals surface area contributed by atoms with E-state index >= 15 is 0 Å². The molecule has 0 aromatic carbocycles. The molecule has 0 heterocycles. The lowest BCUT2D eigenvalue weighted by molar-refractivity contribution is -0.137. The van der Waals surface area contributed by atoms with Crippen LogP contribution in [-0.4, -0.2) is 22.9 Å². The van der Waals surface area contributed by atoms with Gasteiger partial charge in [-0.05, 0) is 6.42 Å². The van der Waals surface area contributed by atoms with E-state index in [0.29, 0.717) is 0 Å². The standard InChI is InChI=1S/C8H15NO3/c1-5(2)8(12)6(9)3-4-7(10)11/h5-6H,3-4,9H2,1-2H3,(H,10,11)/t6-/m1/s1. The van der Waals surface area contributed by atoms with E-state index in [9.17, 15) is 9.59 Å². The maximum Gasteiger partial charge on any atom is 0.303 e. The van der Waals surface area contributed by atoms with Crippen LogP contribution in [0.4, 0.5) is 0 Å². The van der Waals surface area contributed by atoms with Gasteiger partial charge < -0.3 is 10.8 Å². The summed E-state index contributed by atoms with van der Waals surface area (Å²) in [4.78, 5) is 21.3. The Bertz CT molecular complexity index is 177. The summed E-state index contributed by atoms with van der Waals surface area (Å²) in [5.41, 5.74) is 5.45. The minimum atomic E-state index is -0.915. The third-order valence-electron chi connectivity index (χ3n) is 1.60. The molecular weight excluding hydrogens is 158 g/mol. The van der Waals surface area contributed by atoms with Crippen LogP contribution in [0.15, 0.2) is 0 Å². The fraction of sp³-hybridized carbons (Fsp3) is 0.750. The molecule has 0 radical (unpaired) electrons. The van der Waals surface area contributed by atoms with E-state index in [1.165, 1.54) is 0 Å². The number of carbonyl (C=O) groups is 2. The van der Waals surface area contributed by atoms with E-state index in [-0.39, 0.29) is 24.5 Å². The van der Waals surface area contributed by atoms with Crippen LogP contribution in [0.3, 0.4) is 0 Å². The number of carbonyl (C=O) groups excluding carboxylic acids is 1. The predicted molar refractivity (Wildman–Crippen MR) is 44.7 cm³/mol. The Balaban J connectivity index is 3.79. The van der Waals surface area contributed by atoms with E-state index in [1.54, 1.807) is 13.8 Å². The maximum absolute atomic E-state index is 11.1. The second-order valence-electron chi connectivity index (χ2n) is 3.10. The van der Waals surface area contributed by atoms with E-state index in [0.717, 1.165) is 0 Å². The van der Waals surface area contributed by atoms with Gasteiger partial charge in [-0.25, -0.2) is 0 Å². The summed E-state index contributed by atoms with van der Waals surface area (Å²) in [5, 5.41) is 8.32. The molecule has 0 rings (SSSR count). The normalized spacial score (nSPS) is 13.0. The number of rotatable bonds is 5. The summed E-state index contributed by atoms with van der Waals surface area (Å²) >= 11 is 0. The van der Waals surface area contributed by atoms with Gasteiger partial charge in [0.2, 0.25) is 0 Å². The lowest BCUT2D eigenvalue weighted by atomic mass is 9.99. The first kappa shape index (κ1) is 11.1. The number of hydrogen-bond donors (Lipinski definition) is 2. The van der Waals surface area contributed by atoms with Gasteiger partial charge in [-0.1, -0.05) is 13.8 Å².